The van der Waals surface area contributed by atoms with Crippen LogP contribution < -0.4 is 0 Å². The minimum atomic E-state index is -1.00. The van der Waals surface area contributed by atoms with E-state index in [0.717, 1.165) is 25.5 Å². The zero-order valence-electron chi connectivity index (χ0n) is 10.8. The van der Waals surface area contributed by atoms with E-state index in [9.17, 15) is 9.59 Å². The van der Waals surface area contributed by atoms with Gasteiger partial charge in [0.05, 0.1) is 4.88 Å². The van der Waals surface area contributed by atoms with Crippen molar-refractivity contribution in [2.45, 2.75) is 32.2 Å². The third kappa shape index (κ3) is 3.23. The van der Waals surface area contributed by atoms with Crippen molar-refractivity contribution >= 4 is 29.3 Å². The van der Waals surface area contributed by atoms with Crippen LogP contribution >= 0.6 is 11.3 Å². The van der Waals surface area contributed by atoms with Crippen molar-refractivity contribution < 1.29 is 14.7 Å². The Bertz CT molecular complexity index is 507. The second kappa shape index (κ2) is 6.02. The van der Waals surface area contributed by atoms with Crippen LogP contribution in [0.4, 0.5) is 0 Å². The predicted octanol–water partition coefficient (Wildman–Crippen LogP) is 2.86. The molecule has 0 aromatic carbocycles. The molecule has 0 saturated carbocycles. The van der Waals surface area contributed by atoms with Crippen molar-refractivity contribution in [3.05, 3.63) is 28.0 Å². The summed E-state index contributed by atoms with van der Waals surface area (Å²) in [5.41, 5.74) is 0.690. The van der Waals surface area contributed by atoms with E-state index in [1.165, 1.54) is 23.8 Å². The summed E-state index contributed by atoms with van der Waals surface area (Å²) < 4.78 is 0. The fraction of sp³-hybridized carbons (Fsp3) is 0.429. The molecule has 1 saturated heterocycles. The number of piperidine rings is 1. The van der Waals surface area contributed by atoms with Crippen LogP contribution in [0, 0.1) is 0 Å². The normalized spacial score (nSPS) is 19.8. The smallest absolute Gasteiger partial charge is 0.328 e. The van der Waals surface area contributed by atoms with Gasteiger partial charge in [-0.3, -0.25) is 4.79 Å². The molecule has 1 fully saturated rings. The third-order valence-electron chi connectivity index (χ3n) is 3.36. The minimum Gasteiger partial charge on any atom is -0.478 e. The van der Waals surface area contributed by atoms with Crippen LogP contribution in [0.2, 0.25) is 0 Å². The van der Waals surface area contributed by atoms with Crippen LogP contribution in [0.15, 0.2) is 17.5 Å². The lowest BCUT2D eigenvalue weighted by Gasteiger charge is -2.33. The summed E-state index contributed by atoms with van der Waals surface area (Å²) >= 11 is 1.37. The summed E-state index contributed by atoms with van der Waals surface area (Å²) in [4.78, 5) is 25.6. The zero-order valence-corrected chi connectivity index (χ0v) is 11.7. The number of carboxylic acid groups (broad SMARTS) is 1. The molecule has 2 heterocycles. The molecule has 2 rings (SSSR count). The summed E-state index contributed by atoms with van der Waals surface area (Å²) in [7, 11) is 0. The molecule has 1 aliphatic heterocycles. The number of amides is 1. The third-order valence-corrected chi connectivity index (χ3v) is 4.28. The number of hydrogen-bond acceptors (Lipinski definition) is 3. The maximum atomic E-state index is 12.5. The number of thiophene rings is 1. The molecule has 5 heteroatoms. The molecule has 19 heavy (non-hydrogen) atoms. The van der Waals surface area contributed by atoms with Crippen LogP contribution in [0.3, 0.4) is 0 Å². The fourth-order valence-electron chi connectivity index (χ4n) is 2.32. The van der Waals surface area contributed by atoms with Gasteiger partial charge >= 0.3 is 5.97 Å². The summed E-state index contributed by atoms with van der Waals surface area (Å²) in [5.74, 6) is -0.983. The van der Waals surface area contributed by atoms with Crippen LogP contribution in [0.5, 0.6) is 0 Å². The van der Waals surface area contributed by atoms with E-state index in [0.29, 0.717) is 10.4 Å². The van der Waals surface area contributed by atoms with Gasteiger partial charge in [-0.05, 0) is 49.3 Å². The molecule has 1 amide bonds. The van der Waals surface area contributed by atoms with Gasteiger partial charge in [-0.25, -0.2) is 4.79 Å². The standard InChI is InChI=1S/C14H17NO3S/c1-10-4-2-3-8-15(10)14(18)13-11(7-9-19-13)5-6-12(16)17/h5-7,9-10H,2-4,8H2,1H3,(H,16,17). The number of likely N-dealkylation sites (tertiary alicyclic amines) is 1. The minimum absolute atomic E-state index is 0.0206. The lowest BCUT2D eigenvalue weighted by Crippen LogP contribution is -2.41. The molecule has 4 nitrogen and oxygen atoms in total. The first-order chi connectivity index (χ1) is 9.09. The van der Waals surface area contributed by atoms with E-state index < -0.39 is 5.97 Å². The molecular formula is C14H17NO3S. The van der Waals surface area contributed by atoms with Crippen LogP contribution in [-0.4, -0.2) is 34.5 Å². The van der Waals surface area contributed by atoms with Gasteiger partial charge in [-0.2, -0.15) is 0 Å². The summed E-state index contributed by atoms with van der Waals surface area (Å²) in [6.45, 7) is 2.86. The van der Waals surface area contributed by atoms with E-state index in [4.69, 9.17) is 5.11 Å². The van der Waals surface area contributed by atoms with E-state index in [1.54, 1.807) is 6.07 Å². The number of carboxylic acids is 1. The van der Waals surface area contributed by atoms with Crippen molar-refractivity contribution in [3.8, 4) is 0 Å². The van der Waals surface area contributed by atoms with Crippen LogP contribution in [0.25, 0.3) is 6.08 Å². The van der Waals surface area contributed by atoms with Gasteiger partial charge in [0, 0.05) is 18.7 Å². The Hall–Kier alpha value is -1.62. The van der Waals surface area contributed by atoms with Crippen molar-refractivity contribution in [2.24, 2.45) is 0 Å². The molecule has 1 aromatic heterocycles. The van der Waals surface area contributed by atoms with Gasteiger partial charge in [-0.1, -0.05) is 0 Å². The monoisotopic (exact) mass is 279 g/mol. The Kier molecular flexibility index (Phi) is 4.37. The Balaban J connectivity index is 2.19. The lowest BCUT2D eigenvalue weighted by atomic mass is 10.0. The van der Waals surface area contributed by atoms with Gasteiger partial charge < -0.3 is 10.0 Å². The highest BCUT2D eigenvalue weighted by Crippen LogP contribution is 2.25. The van der Waals surface area contributed by atoms with E-state index in [1.807, 2.05) is 10.3 Å². The lowest BCUT2D eigenvalue weighted by molar-refractivity contribution is -0.131. The Morgan fingerprint density at radius 2 is 2.26 bits per heavy atom. The van der Waals surface area contributed by atoms with Gasteiger partial charge in [0.1, 0.15) is 0 Å². The quantitative estimate of drug-likeness (QED) is 0.866. The number of rotatable bonds is 3. The first-order valence-corrected chi connectivity index (χ1v) is 7.27. The molecular weight excluding hydrogens is 262 g/mol. The summed E-state index contributed by atoms with van der Waals surface area (Å²) in [6.07, 6.45) is 5.81. The molecule has 1 atom stereocenters. The first-order valence-electron chi connectivity index (χ1n) is 6.39. The number of carbonyl (C=O) groups is 2. The highest BCUT2D eigenvalue weighted by Gasteiger charge is 2.26. The van der Waals surface area contributed by atoms with E-state index in [-0.39, 0.29) is 11.9 Å². The Morgan fingerprint density at radius 1 is 1.47 bits per heavy atom. The molecule has 1 N–H and O–H groups in total. The highest BCUT2D eigenvalue weighted by molar-refractivity contribution is 7.12. The number of carbonyl (C=O) groups excluding carboxylic acids is 1. The SMILES string of the molecule is CC1CCCCN1C(=O)c1sccc1C=CC(=O)O. The number of hydrogen-bond donors (Lipinski definition) is 1. The maximum Gasteiger partial charge on any atom is 0.328 e. The zero-order chi connectivity index (χ0) is 13.8. The number of aliphatic carboxylic acids is 1. The van der Waals surface area contributed by atoms with Crippen LogP contribution in [0.1, 0.15) is 41.4 Å². The van der Waals surface area contributed by atoms with E-state index in [2.05, 4.69) is 6.92 Å². The topological polar surface area (TPSA) is 57.6 Å². The molecule has 0 radical (unpaired) electrons. The second-order valence-corrected chi connectivity index (χ2v) is 5.64. The fourth-order valence-corrected chi connectivity index (χ4v) is 3.16. The first kappa shape index (κ1) is 13.8. The second-order valence-electron chi connectivity index (χ2n) is 4.72. The van der Waals surface area contributed by atoms with Gasteiger partial charge in [0.25, 0.3) is 5.91 Å². The molecule has 102 valence electrons. The van der Waals surface area contributed by atoms with Crippen molar-refractivity contribution in [3.63, 3.8) is 0 Å². The number of nitrogens with zero attached hydrogens (tertiary/aromatic N) is 1. The molecule has 1 unspecified atom stereocenters. The average Bonchev–Trinajstić information content (AvgIpc) is 2.84. The van der Waals surface area contributed by atoms with Crippen molar-refractivity contribution in [2.75, 3.05) is 6.54 Å². The molecule has 0 spiro atoms. The van der Waals surface area contributed by atoms with E-state index >= 15 is 0 Å². The molecule has 0 aliphatic carbocycles. The van der Waals surface area contributed by atoms with Gasteiger partial charge in [0.2, 0.25) is 0 Å². The van der Waals surface area contributed by atoms with Gasteiger partial charge in [0.15, 0.2) is 0 Å². The van der Waals surface area contributed by atoms with Gasteiger partial charge in [-0.15, -0.1) is 11.3 Å². The van der Waals surface area contributed by atoms with Crippen LogP contribution in [-0.2, 0) is 4.79 Å². The molecule has 1 aromatic rings. The predicted molar refractivity (Wildman–Crippen MR) is 75.3 cm³/mol. The van der Waals surface area contributed by atoms with Crippen molar-refractivity contribution in [1.82, 2.24) is 4.90 Å². The Labute approximate surface area is 116 Å². The molecule has 1 aliphatic rings. The summed E-state index contributed by atoms with van der Waals surface area (Å²) in [5, 5.41) is 10.5. The van der Waals surface area contributed by atoms with Crippen molar-refractivity contribution in [1.29, 1.82) is 0 Å². The largest absolute Gasteiger partial charge is 0.478 e. The average molecular weight is 279 g/mol. The highest BCUT2D eigenvalue weighted by atomic mass is 32.1. The summed E-state index contributed by atoms with van der Waals surface area (Å²) in [6, 6.07) is 2.05. The molecule has 0 bridgehead atoms. The Morgan fingerprint density at radius 3 is 2.95 bits per heavy atom. The maximum absolute atomic E-state index is 12.5.